The summed E-state index contributed by atoms with van der Waals surface area (Å²) in [7, 11) is 0. The van der Waals surface area contributed by atoms with E-state index in [-0.39, 0.29) is 0 Å². The SMILES string of the molecule is Cc1cccc(C2(C=CBr)CCCC[Se]2)c1. The first kappa shape index (κ1) is 12.4. The Kier molecular flexibility index (Phi) is 4.29. The summed E-state index contributed by atoms with van der Waals surface area (Å²) in [6.07, 6.45) is 6.48. The van der Waals surface area contributed by atoms with Gasteiger partial charge in [-0.1, -0.05) is 0 Å². The summed E-state index contributed by atoms with van der Waals surface area (Å²) in [6.45, 7) is 2.19. The van der Waals surface area contributed by atoms with Gasteiger partial charge in [0.1, 0.15) is 0 Å². The van der Waals surface area contributed by atoms with Crippen molar-refractivity contribution in [2.75, 3.05) is 0 Å². The van der Waals surface area contributed by atoms with Crippen molar-refractivity contribution in [1.82, 2.24) is 0 Å². The number of hydrogen-bond donors (Lipinski definition) is 0. The maximum atomic E-state index is 3.47. The molecule has 0 nitrogen and oxygen atoms in total. The molecule has 1 atom stereocenters. The van der Waals surface area contributed by atoms with Crippen LogP contribution in [0, 0.1) is 6.92 Å². The fraction of sp³-hybridized carbons (Fsp3) is 0.429. The van der Waals surface area contributed by atoms with Crippen LogP contribution in [0.25, 0.3) is 0 Å². The summed E-state index contributed by atoms with van der Waals surface area (Å²) in [4.78, 5) is 2.06. The average Bonchev–Trinajstić information content (AvgIpc) is 2.31. The van der Waals surface area contributed by atoms with Gasteiger partial charge in [-0.25, -0.2) is 0 Å². The van der Waals surface area contributed by atoms with E-state index in [1.165, 1.54) is 35.7 Å². The van der Waals surface area contributed by atoms with Crippen LogP contribution in [0.5, 0.6) is 0 Å². The van der Waals surface area contributed by atoms with E-state index in [1.807, 2.05) is 0 Å². The van der Waals surface area contributed by atoms with Crippen molar-refractivity contribution < 1.29 is 0 Å². The fourth-order valence-corrected chi connectivity index (χ4v) is 6.19. The molecule has 1 saturated heterocycles. The van der Waals surface area contributed by atoms with Gasteiger partial charge in [-0.2, -0.15) is 0 Å². The molecule has 1 heterocycles. The molecule has 0 amide bonds. The third-order valence-electron chi connectivity index (χ3n) is 3.14. The summed E-state index contributed by atoms with van der Waals surface area (Å²) in [5.41, 5.74) is 2.89. The van der Waals surface area contributed by atoms with Crippen LogP contribution in [0.2, 0.25) is 5.32 Å². The van der Waals surface area contributed by atoms with Gasteiger partial charge in [0, 0.05) is 0 Å². The van der Waals surface area contributed by atoms with E-state index >= 15 is 0 Å². The zero-order valence-electron chi connectivity index (χ0n) is 9.58. The van der Waals surface area contributed by atoms with Crippen molar-refractivity contribution >= 4 is 30.9 Å². The van der Waals surface area contributed by atoms with Gasteiger partial charge >= 0.3 is 113 Å². The normalized spacial score (nSPS) is 26.1. The molecule has 1 aliphatic heterocycles. The van der Waals surface area contributed by atoms with Gasteiger partial charge in [-0.05, 0) is 0 Å². The van der Waals surface area contributed by atoms with Crippen LogP contribution in [-0.2, 0) is 4.31 Å². The third kappa shape index (κ3) is 2.61. The minimum atomic E-state index is 0.348. The number of aryl methyl sites for hydroxylation is 1. The average molecular weight is 344 g/mol. The predicted octanol–water partition coefficient (Wildman–Crippen LogP) is 4.41. The fourth-order valence-electron chi connectivity index (χ4n) is 2.28. The quantitative estimate of drug-likeness (QED) is 0.698. The molecule has 2 rings (SSSR count). The van der Waals surface area contributed by atoms with Gasteiger partial charge in [-0.15, -0.1) is 0 Å². The number of hydrogen-bond acceptors (Lipinski definition) is 0. The molecule has 86 valence electrons. The Morgan fingerprint density at radius 1 is 1.38 bits per heavy atom. The Balaban J connectivity index is 2.38. The van der Waals surface area contributed by atoms with Crippen molar-refractivity contribution in [2.45, 2.75) is 35.8 Å². The molecule has 0 aliphatic carbocycles. The zero-order chi connectivity index (χ0) is 11.4. The van der Waals surface area contributed by atoms with E-state index in [1.54, 1.807) is 0 Å². The van der Waals surface area contributed by atoms with Gasteiger partial charge < -0.3 is 0 Å². The van der Waals surface area contributed by atoms with Gasteiger partial charge in [0.15, 0.2) is 0 Å². The second-order valence-electron chi connectivity index (χ2n) is 4.36. The van der Waals surface area contributed by atoms with Crippen LogP contribution >= 0.6 is 15.9 Å². The summed E-state index contributed by atoms with van der Waals surface area (Å²) in [6, 6.07) is 9.04. The first-order valence-electron chi connectivity index (χ1n) is 5.76. The van der Waals surface area contributed by atoms with Crippen molar-refractivity contribution in [1.29, 1.82) is 0 Å². The molecular weight excluding hydrogens is 327 g/mol. The molecular formula is C14H17BrSe. The standard InChI is InChI=1S/C14H17BrSe/c1-12-5-4-6-13(11-12)14(8-9-15)7-2-3-10-16-14/h4-6,8-9,11H,2-3,7,10H2,1H3. The number of rotatable bonds is 2. The molecule has 1 aromatic rings. The molecule has 1 aromatic carbocycles. The zero-order valence-corrected chi connectivity index (χ0v) is 12.9. The topological polar surface area (TPSA) is 0 Å². The summed E-state index contributed by atoms with van der Waals surface area (Å²) in [5, 5.41) is 1.41. The molecule has 0 saturated carbocycles. The van der Waals surface area contributed by atoms with Crippen LogP contribution in [0.3, 0.4) is 0 Å². The number of halogens is 1. The second-order valence-corrected chi connectivity index (χ2v) is 7.88. The van der Waals surface area contributed by atoms with Crippen LogP contribution in [-0.4, -0.2) is 15.0 Å². The molecule has 1 fully saturated rings. The second kappa shape index (κ2) is 5.53. The Labute approximate surface area is 113 Å². The van der Waals surface area contributed by atoms with Crippen LogP contribution in [0.1, 0.15) is 30.4 Å². The Morgan fingerprint density at radius 3 is 2.88 bits per heavy atom. The first-order valence-corrected chi connectivity index (χ1v) is 8.74. The molecule has 1 unspecified atom stereocenters. The van der Waals surface area contributed by atoms with Crippen LogP contribution < -0.4 is 0 Å². The molecule has 0 spiro atoms. The van der Waals surface area contributed by atoms with Gasteiger partial charge in [0.25, 0.3) is 0 Å². The Hall–Kier alpha value is -0.0405. The molecule has 16 heavy (non-hydrogen) atoms. The van der Waals surface area contributed by atoms with E-state index in [4.69, 9.17) is 0 Å². The Morgan fingerprint density at radius 2 is 2.25 bits per heavy atom. The van der Waals surface area contributed by atoms with Gasteiger partial charge in [0.2, 0.25) is 0 Å². The number of benzene rings is 1. The van der Waals surface area contributed by atoms with Crippen molar-refractivity contribution in [3.63, 3.8) is 0 Å². The monoisotopic (exact) mass is 344 g/mol. The first-order chi connectivity index (χ1) is 7.77. The number of allylic oxidation sites excluding steroid dienone is 1. The molecule has 0 bridgehead atoms. The molecule has 0 radical (unpaired) electrons. The third-order valence-corrected chi connectivity index (χ3v) is 6.73. The van der Waals surface area contributed by atoms with Crippen LogP contribution in [0.4, 0.5) is 0 Å². The van der Waals surface area contributed by atoms with E-state index in [0.717, 1.165) is 0 Å². The molecule has 0 N–H and O–H groups in total. The minimum absolute atomic E-state index is 0.348. The summed E-state index contributed by atoms with van der Waals surface area (Å²) < 4.78 is 0.348. The van der Waals surface area contributed by atoms with E-state index < -0.39 is 0 Å². The summed E-state index contributed by atoms with van der Waals surface area (Å²) in [5.74, 6) is 0. The summed E-state index contributed by atoms with van der Waals surface area (Å²) >= 11 is 4.16. The molecule has 1 aliphatic rings. The van der Waals surface area contributed by atoms with Crippen molar-refractivity contribution in [2.24, 2.45) is 0 Å². The van der Waals surface area contributed by atoms with Gasteiger partial charge in [0.05, 0.1) is 0 Å². The van der Waals surface area contributed by atoms with Crippen molar-refractivity contribution in [3.05, 3.63) is 46.5 Å². The van der Waals surface area contributed by atoms with Crippen LogP contribution in [0.15, 0.2) is 35.3 Å². The van der Waals surface area contributed by atoms with Crippen molar-refractivity contribution in [3.8, 4) is 0 Å². The van der Waals surface area contributed by atoms with E-state index in [2.05, 4.69) is 58.2 Å². The van der Waals surface area contributed by atoms with E-state index in [9.17, 15) is 0 Å². The maximum absolute atomic E-state index is 3.47. The van der Waals surface area contributed by atoms with E-state index in [0.29, 0.717) is 19.3 Å². The Bertz CT molecular complexity index is 378. The molecule has 0 aromatic heterocycles. The van der Waals surface area contributed by atoms with Gasteiger partial charge in [-0.3, -0.25) is 0 Å². The molecule has 2 heteroatoms. The predicted molar refractivity (Wildman–Crippen MR) is 75.3 cm³/mol.